The number of pyridine rings is 1. The number of benzene rings is 1. The number of hydrogen-bond donors (Lipinski definition) is 2. The summed E-state index contributed by atoms with van der Waals surface area (Å²) in [5, 5.41) is 14.6. The van der Waals surface area contributed by atoms with E-state index in [0.717, 1.165) is 36.6 Å². The molecule has 1 fully saturated rings. The van der Waals surface area contributed by atoms with Gasteiger partial charge in [0.2, 0.25) is 11.9 Å². The molecule has 2 N–H and O–H groups in total. The van der Waals surface area contributed by atoms with Crippen molar-refractivity contribution in [2.75, 3.05) is 37.4 Å². The molecule has 1 saturated heterocycles. The van der Waals surface area contributed by atoms with Gasteiger partial charge in [-0.05, 0) is 58.1 Å². The van der Waals surface area contributed by atoms with Crippen molar-refractivity contribution in [3.8, 4) is 11.3 Å². The summed E-state index contributed by atoms with van der Waals surface area (Å²) in [6, 6.07) is 10.9. The monoisotopic (exact) mass is 629 g/mol. The standard InChI is InChI=1S/C31H36ClN11O2/c1-18(25-7-6-8-27(36-25)42-12-11-22(17-42)40(3)4)35-29(44)19(2)43-16-21-10-9-20(13-23(21)30(43)45)28-24(32)14-33-31(38-28)37-26-15-34-41(5)39-26/h6-10,13-15,18-19,22H,11-12,16-17H2,1-5H3,(H,35,44)(H,33,37,38,39)/t18?,19?,22-/m1/s1. The Hall–Kier alpha value is -4.62. The number of rotatable bonds is 9. The quantitative estimate of drug-likeness (QED) is 0.283. The third kappa shape index (κ3) is 6.31. The smallest absolute Gasteiger partial charge is 0.255 e. The number of likely N-dealkylation sites (N-methyl/N-ethyl adjacent to an activating group) is 1. The van der Waals surface area contributed by atoms with Crippen molar-refractivity contribution in [3.63, 3.8) is 0 Å². The molecule has 3 atom stereocenters. The van der Waals surface area contributed by atoms with Crippen LogP contribution in [-0.4, -0.2) is 90.8 Å². The highest BCUT2D eigenvalue weighted by Gasteiger charge is 2.35. The van der Waals surface area contributed by atoms with Gasteiger partial charge in [0.15, 0.2) is 5.82 Å². The fourth-order valence-corrected chi connectivity index (χ4v) is 5.91. The molecule has 2 unspecified atom stereocenters. The Labute approximate surface area is 266 Å². The Kier molecular flexibility index (Phi) is 8.38. The number of fused-ring (bicyclic) bond motifs is 1. The van der Waals surface area contributed by atoms with Crippen LogP contribution < -0.4 is 15.5 Å². The maximum Gasteiger partial charge on any atom is 0.255 e. The first kappa shape index (κ1) is 30.4. The van der Waals surface area contributed by atoms with Crippen molar-refractivity contribution in [2.24, 2.45) is 7.05 Å². The number of hydrogen-bond acceptors (Lipinski definition) is 10. The number of aromatic nitrogens is 6. The lowest BCUT2D eigenvalue weighted by Gasteiger charge is -2.26. The number of aryl methyl sites for hydroxylation is 1. The van der Waals surface area contributed by atoms with Gasteiger partial charge in [0, 0.05) is 43.9 Å². The molecule has 2 amide bonds. The van der Waals surface area contributed by atoms with E-state index < -0.39 is 6.04 Å². The minimum atomic E-state index is -0.691. The van der Waals surface area contributed by atoms with Crippen molar-refractivity contribution >= 4 is 41.0 Å². The summed E-state index contributed by atoms with van der Waals surface area (Å²) in [5.41, 5.74) is 3.24. The molecule has 45 heavy (non-hydrogen) atoms. The molecule has 14 heteroatoms. The molecule has 1 aromatic carbocycles. The van der Waals surface area contributed by atoms with E-state index in [9.17, 15) is 9.59 Å². The molecule has 0 bridgehead atoms. The average molecular weight is 630 g/mol. The predicted octanol–water partition coefficient (Wildman–Crippen LogP) is 3.43. The molecule has 0 saturated carbocycles. The van der Waals surface area contributed by atoms with Gasteiger partial charge in [0.1, 0.15) is 11.9 Å². The number of amides is 2. The topological polar surface area (TPSA) is 137 Å². The summed E-state index contributed by atoms with van der Waals surface area (Å²) in [5.74, 6) is 1.21. The zero-order valence-corrected chi connectivity index (χ0v) is 26.7. The van der Waals surface area contributed by atoms with Crippen LogP contribution in [-0.2, 0) is 18.4 Å². The van der Waals surface area contributed by atoms with Crippen LogP contribution in [0.25, 0.3) is 11.3 Å². The van der Waals surface area contributed by atoms with Crippen LogP contribution in [0.4, 0.5) is 17.6 Å². The van der Waals surface area contributed by atoms with Crippen LogP contribution in [0, 0.1) is 0 Å². The third-order valence-electron chi connectivity index (χ3n) is 8.42. The lowest BCUT2D eigenvalue weighted by molar-refractivity contribution is -0.125. The van der Waals surface area contributed by atoms with Crippen molar-refractivity contribution in [1.82, 2.24) is 45.1 Å². The van der Waals surface area contributed by atoms with Crippen LogP contribution in [0.1, 0.15) is 47.9 Å². The molecule has 0 radical (unpaired) electrons. The Morgan fingerprint density at radius 2 is 1.96 bits per heavy atom. The lowest BCUT2D eigenvalue weighted by atomic mass is 10.0. The largest absolute Gasteiger partial charge is 0.355 e. The molecule has 5 heterocycles. The summed E-state index contributed by atoms with van der Waals surface area (Å²) >= 11 is 6.47. The third-order valence-corrected chi connectivity index (χ3v) is 8.70. The van der Waals surface area contributed by atoms with E-state index in [0.29, 0.717) is 46.2 Å². The van der Waals surface area contributed by atoms with Gasteiger partial charge in [0.05, 0.1) is 34.8 Å². The molecule has 2 aliphatic rings. The van der Waals surface area contributed by atoms with Crippen LogP contribution in [0.3, 0.4) is 0 Å². The summed E-state index contributed by atoms with van der Waals surface area (Å²) in [7, 11) is 5.91. The van der Waals surface area contributed by atoms with E-state index in [2.05, 4.69) is 54.7 Å². The number of carbonyl (C=O) groups is 2. The zero-order valence-electron chi connectivity index (χ0n) is 25.9. The summed E-state index contributed by atoms with van der Waals surface area (Å²) < 4.78 is 0. The Morgan fingerprint density at radius 1 is 1.13 bits per heavy atom. The van der Waals surface area contributed by atoms with Crippen molar-refractivity contribution < 1.29 is 9.59 Å². The van der Waals surface area contributed by atoms with Crippen LogP contribution in [0.15, 0.2) is 48.8 Å². The minimum Gasteiger partial charge on any atom is -0.355 e. The maximum absolute atomic E-state index is 13.6. The van der Waals surface area contributed by atoms with Gasteiger partial charge < -0.3 is 25.3 Å². The predicted molar refractivity (Wildman–Crippen MR) is 171 cm³/mol. The molecule has 0 aliphatic carbocycles. The maximum atomic E-state index is 13.6. The summed E-state index contributed by atoms with van der Waals surface area (Å²) in [4.78, 5) is 48.1. The molecule has 0 spiro atoms. The van der Waals surface area contributed by atoms with E-state index in [1.165, 1.54) is 11.0 Å². The first-order valence-electron chi connectivity index (χ1n) is 14.9. The molecule has 234 valence electrons. The van der Waals surface area contributed by atoms with E-state index in [4.69, 9.17) is 16.6 Å². The molecular formula is C31H36ClN11O2. The average Bonchev–Trinajstić information content (AvgIpc) is 3.77. The second-order valence-corrected chi connectivity index (χ2v) is 12.1. The van der Waals surface area contributed by atoms with Gasteiger partial charge in [0.25, 0.3) is 5.91 Å². The molecule has 6 rings (SSSR count). The molecule has 3 aromatic heterocycles. The fraction of sp³-hybridized carbons (Fsp3) is 0.387. The highest BCUT2D eigenvalue weighted by molar-refractivity contribution is 6.33. The number of nitrogens with one attached hydrogen (secondary N) is 2. The van der Waals surface area contributed by atoms with E-state index in [-0.39, 0.29) is 17.9 Å². The van der Waals surface area contributed by atoms with Gasteiger partial charge in [-0.25, -0.2) is 15.0 Å². The Morgan fingerprint density at radius 3 is 2.69 bits per heavy atom. The Balaban J connectivity index is 1.13. The van der Waals surface area contributed by atoms with E-state index in [1.54, 1.807) is 31.1 Å². The lowest BCUT2D eigenvalue weighted by Crippen LogP contribution is -2.46. The fourth-order valence-electron chi connectivity index (χ4n) is 5.71. The van der Waals surface area contributed by atoms with Gasteiger partial charge >= 0.3 is 0 Å². The van der Waals surface area contributed by atoms with E-state index >= 15 is 0 Å². The summed E-state index contributed by atoms with van der Waals surface area (Å²) in [6.07, 6.45) is 4.14. The van der Waals surface area contributed by atoms with Crippen LogP contribution >= 0.6 is 11.6 Å². The number of halogens is 1. The first-order chi connectivity index (χ1) is 21.6. The van der Waals surface area contributed by atoms with Gasteiger partial charge in [-0.3, -0.25) is 9.59 Å². The Bertz CT molecular complexity index is 1740. The minimum absolute atomic E-state index is 0.227. The molecule has 13 nitrogen and oxygen atoms in total. The van der Waals surface area contributed by atoms with Gasteiger partial charge in [-0.2, -0.15) is 9.90 Å². The van der Waals surface area contributed by atoms with Crippen molar-refractivity contribution in [2.45, 2.75) is 44.9 Å². The normalized spacial score (nSPS) is 17.5. The molecular weight excluding hydrogens is 594 g/mol. The van der Waals surface area contributed by atoms with Crippen LogP contribution in [0.2, 0.25) is 5.02 Å². The first-order valence-corrected chi connectivity index (χ1v) is 15.2. The molecule has 2 aliphatic heterocycles. The van der Waals surface area contributed by atoms with Gasteiger partial charge in [-0.15, -0.1) is 5.10 Å². The van der Waals surface area contributed by atoms with Crippen molar-refractivity contribution in [3.05, 3.63) is 70.6 Å². The molecule has 4 aromatic rings. The van der Waals surface area contributed by atoms with E-state index in [1.807, 2.05) is 37.3 Å². The highest BCUT2D eigenvalue weighted by atomic mass is 35.5. The second kappa shape index (κ2) is 12.4. The summed E-state index contributed by atoms with van der Waals surface area (Å²) in [6.45, 7) is 5.85. The number of carbonyl (C=O) groups excluding carboxylic acids is 2. The van der Waals surface area contributed by atoms with Crippen molar-refractivity contribution in [1.29, 1.82) is 0 Å². The highest BCUT2D eigenvalue weighted by Crippen LogP contribution is 2.32. The second-order valence-electron chi connectivity index (χ2n) is 11.7. The SMILES string of the molecule is CC(NC(=O)C(C)N1Cc2ccc(-c3nc(Nc4cnn(C)n4)ncc3Cl)cc2C1=O)c1cccc(N2CC[C@@H](N(C)C)C2)n1. The van der Waals surface area contributed by atoms with Gasteiger partial charge in [-0.1, -0.05) is 29.8 Å². The number of anilines is 3. The van der Waals surface area contributed by atoms with Crippen LogP contribution in [0.5, 0.6) is 0 Å². The zero-order chi connectivity index (χ0) is 31.8. The number of nitrogens with zero attached hydrogens (tertiary/aromatic N) is 9.